The van der Waals surface area contributed by atoms with Crippen LogP contribution in [0.15, 0.2) is 0 Å². The van der Waals surface area contributed by atoms with Crippen LogP contribution in [-0.2, 0) is 0 Å². The fraction of sp³-hybridized carbons (Fsp3) is 1.00. The van der Waals surface area contributed by atoms with Crippen molar-refractivity contribution in [3.05, 3.63) is 0 Å². The molecule has 2 nitrogen and oxygen atoms in total. The lowest BCUT2D eigenvalue weighted by atomic mass is 9.66. The highest BCUT2D eigenvalue weighted by Gasteiger charge is 2.52. The van der Waals surface area contributed by atoms with E-state index in [2.05, 4.69) is 33.0 Å². The van der Waals surface area contributed by atoms with Crippen LogP contribution in [0, 0.1) is 5.41 Å². The third kappa shape index (κ3) is 0.700. The lowest BCUT2D eigenvalue weighted by Crippen LogP contribution is -2.73. The van der Waals surface area contributed by atoms with Crippen molar-refractivity contribution in [3.8, 4) is 0 Å². The van der Waals surface area contributed by atoms with Gasteiger partial charge in [0.15, 0.2) is 0 Å². The molecular formula is C7H15NO. The van der Waals surface area contributed by atoms with Gasteiger partial charge >= 0.3 is 0 Å². The molecule has 1 aliphatic heterocycles. The molecule has 0 aliphatic carbocycles. The Labute approximate surface area is 56.3 Å². The Balaban J connectivity index is 2.70. The van der Waals surface area contributed by atoms with Crippen LogP contribution in [0.25, 0.3) is 0 Å². The second-order valence-corrected chi connectivity index (χ2v) is 3.89. The Hall–Kier alpha value is -0.0800. The Morgan fingerprint density at radius 2 is 1.67 bits per heavy atom. The average molecular weight is 129 g/mol. The summed E-state index contributed by atoms with van der Waals surface area (Å²) in [6, 6.07) is 0. The van der Waals surface area contributed by atoms with Crippen molar-refractivity contribution in [3.63, 3.8) is 0 Å². The fourth-order valence-corrected chi connectivity index (χ4v) is 0.972. The van der Waals surface area contributed by atoms with Crippen LogP contribution in [0.5, 0.6) is 0 Å². The van der Waals surface area contributed by atoms with E-state index in [1.807, 2.05) is 0 Å². The molecule has 0 amide bonds. The SMILES string of the molecule is CC1(C)NC(O)C1(C)C. The minimum Gasteiger partial charge on any atom is -0.378 e. The highest BCUT2D eigenvalue weighted by molar-refractivity contribution is 5.06. The average Bonchev–Trinajstić information content (AvgIpc) is 1.65. The van der Waals surface area contributed by atoms with E-state index < -0.39 is 0 Å². The number of nitrogens with one attached hydrogen (secondary N) is 1. The van der Waals surface area contributed by atoms with Crippen LogP contribution in [0.1, 0.15) is 27.7 Å². The molecule has 1 rings (SSSR count). The number of hydrogen-bond donors (Lipinski definition) is 2. The molecule has 0 saturated carbocycles. The summed E-state index contributed by atoms with van der Waals surface area (Å²) in [6.07, 6.45) is -0.326. The van der Waals surface area contributed by atoms with E-state index in [4.69, 9.17) is 0 Å². The molecule has 0 aromatic heterocycles. The predicted molar refractivity (Wildman–Crippen MR) is 37.0 cm³/mol. The predicted octanol–water partition coefficient (Wildman–Crippen LogP) is 0.713. The molecule has 1 atom stereocenters. The monoisotopic (exact) mass is 129 g/mol. The van der Waals surface area contributed by atoms with E-state index in [1.165, 1.54) is 0 Å². The van der Waals surface area contributed by atoms with E-state index in [0.717, 1.165) is 0 Å². The molecule has 1 saturated heterocycles. The largest absolute Gasteiger partial charge is 0.378 e. The van der Waals surface area contributed by atoms with Crippen LogP contribution >= 0.6 is 0 Å². The first-order valence-corrected chi connectivity index (χ1v) is 3.34. The zero-order chi connectivity index (χ0) is 7.28. The van der Waals surface area contributed by atoms with Gasteiger partial charge in [0.05, 0.1) is 0 Å². The van der Waals surface area contributed by atoms with Gasteiger partial charge in [-0.05, 0) is 13.8 Å². The van der Waals surface area contributed by atoms with Gasteiger partial charge in [0.2, 0.25) is 0 Å². The molecule has 0 radical (unpaired) electrons. The molecule has 2 N–H and O–H groups in total. The molecule has 1 fully saturated rings. The maximum atomic E-state index is 9.20. The minimum atomic E-state index is -0.326. The number of hydrogen-bond acceptors (Lipinski definition) is 2. The molecule has 54 valence electrons. The number of rotatable bonds is 0. The molecule has 0 aromatic carbocycles. The highest BCUT2D eigenvalue weighted by atomic mass is 16.3. The highest BCUT2D eigenvalue weighted by Crippen LogP contribution is 2.41. The second kappa shape index (κ2) is 1.50. The fourth-order valence-electron chi connectivity index (χ4n) is 0.972. The van der Waals surface area contributed by atoms with Crippen LogP contribution in [0.2, 0.25) is 0 Å². The Morgan fingerprint density at radius 3 is 1.67 bits per heavy atom. The first-order chi connectivity index (χ1) is 3.88. The standard InChI is InChI=1S/C7H15NO/c1-6(2)5(9)8-7(6,3)4/h5,8-9H,1-4H3. The maximum absolute atomic E-state index is 9.20. The van der Waals surface area contributed by atoms with Gasteiger partial charge in [-0.3, -0.25) is 5.32 Å². The molecule has 0 aromatic rings. The first kappa shape index (κ1) is 7.03. The quantitative estimate of drug-likeness (QED) is 0.505. The van der Waals surface area contributed by atoms with E-state index in [0.29, 0.717) is 0 Å². The lowest BCUT2D eigenvalue weighted by Gasteiger charge is -2.57. The molecule has 0 bridgehead atoms. The zero-order valence-electron chi connectivity index (χ0n) is 6.52. The van der Waals surface area contributed by atoms with Crippen molar-refractivity contribution in [2.24, 2.45) is 5.41 Å². The maximum Gasteiger partial charge on any atom is 0.112 e. The molecule has 2 heteroatoms. The summed E-state index contributed by atoms with van der Waals surface area (Å²) in [5.41, 5.74) is 0.111. The normalized spacial score (nSPS) is 37.7. The first-order valence-electron chi connectivity index (χ1n) is 3.34. The van der Waals surface area contributed by atoms with Crippen molar-refractivity contribution in [2.75, 3.05) is 0 Å². The lowest BCUT2D eigenvalue weighted by molar-refractivity contribution is -0.139. The summed E-state index contributed by atoms with van der Waals surface area (Å²) in [5, 5.41) is 12.2. The van der Waals surface area contributed by atoms with E-state index >= 15 is 0 Å². The van der Waals surface area contributed by atoms with Crippen molar-refractivity contribution in [1.82, 2.24) is 5.32 Å². The molecule has 1 heterocycles. The second-order valence-electron chi connectivity index (χ2n) is 3.89. The minimum absolute atomic E-state index is 0.0208. The summed E-state index contributed by atoms with van der Waals surface area (Å²) in [5.74, 6) is 0. The van der Waals surface area contributed by atoms with E-state index in [-0.39, 0.29) is 17.2 Å². The zero-order valence-corrected chi connectivity index (χ0v) is 6.52. The van der Waals surface area contributed by atoms with Gasteiger partial charge in [0.1, 0.15) is 6.23 Å². The van der Waals surface area contributed by atoms with Crippen molar-refractivity contribution in [2.45, 2.75) is 39.5 Å². The van der Waals surface area contributed by atoms with E-state index in [1.54, 1.807) is 0 Å². The van der Waals surface area contributed by atoms with Crippen LogP contribution in [0.4, 0.5) is 0 Å². The van der Waals surface area contributed by atoms with Crippen LogP contribution in [-0.4, -0.2) is 16.9 Å². The Bertz CT molecular complexity index is 129. The molecule has 1 unspecified atom stereocenters. The van der Waals surface area contributed by atoms with Gasteiger partial charge in [-0.1, -0.05) is 13.8 Å². The molecule has 9 heavy (non-hydrogen) atoms. The summed E-state index contributed by atoms with van der Waals surface area (Å²) in [6.45, 7) is 8.32. The summed E-state index contributed by atoms with van der Waals surface area (Å²) in [7, 11) is 0. The van der Waals surface area contributed by atoms with Crippen LogP contribution in [0.3, 0.4) is 0 Å². The van der Waals surface area contributed by atoms with Gasteiger partial charge in [0, 0.05) is 11.0 Å². The molecule has 1 aliphatic rings. The van der Waals surface area contributed by atoms with Gasteiger partial charge in [-0.25, -0.2) is 0 Å². The van der Waals surface area contributed by atoms with Crippen LogP contribution < -0.4 is 5.32 Å². The summed E-state index contributed by atoms with van der Waals surface area (Å²) >= 11 is 0. The van der Waals surface area contributed by atoms with Crippen molar-refractivity contribution >= 4 is 0 Å². The van der Waals surface area contributed by atoms with Gasteiger partial charge in [0.25, 0.3) is 0 Å². The van der Waals surface area contributed by atoms with Gasteiger partial charge < -0.3 is 5.11 Å². The number of aliphatic hydroxyl groups excluding tert-OH is 1. The smallest absolute Gasteiger partial charge is 0.112 e. The summed E-state index contributed by atoms with van der Waals surface area (Å²) in [4.78, 5) is 0. The molecule has 0 spiro atoms. The third-order valence-corrected chi connectivity index (χ3v) is 2.79. The Morgan fingerprint density at radius 1 is 1.22 bits per heavy atom. The van der Waals surface area contributed by atoms with Crippen molar-refractivity contribution in [1.29, 1.82) is 0 Å². The van der Waals surface area contributed by atoms with Gasteiger partial charge in [-0.2, -0.15) is 0 Å². The topological polar surface area (TPSA) is 32.3 Å². The Kier molecular flexibility index (Phi) is 1.17. The summed E-state index contributed by atoms with van der Waals surface area (Å²) < 4.78 is 0. The van der Waals surface area contributed by atoms with Crippen molar-refractivity contribution < 1.29 is 5.11 Å². The van der Waals surface area contributed by atoms with Gasteiger partial charge in [-0.15, -0.1) is 0 Å². The number of aliphatic hydroxyl groups is 1. The third-order valence-electron chi connectivity index (χ3n) is 2.79. The molecular weight excluding hydrogens is 114 g/mol. The van der Waals surface area contributed by atoms with E-state index in [9.17, 15) is 5.11 Å².